The van der Waals surface area contributed by atoms with Gasteiger partial charge >= 0.3 is 5.97 Å². The number of benzene rings is 3. The van der Waals surface area contributed by atoms with E-state index >= 15 is 0 Å². The maximum atomic E-state index is 12.5. The van der Waals surface area contributed by atoms with Crippen molar-refractivity contribution in [1.82, 2.24) is 10.0 Å². The van der Waals surface area contributed by atoms with Gasteiger partial charge in [0, 0.05) is 13.1 Å². The second kappa shape index (κ2) is 11.4. The first kappa shape index (κ1) is 24.2. The van der Waals surface area contributed by atoms with Gasteiger partial charge in [0.15, 0.2) is 6.61 Å². The third-order valence-electron chi connectivity index (χ3n) is 4.91. The molecule has 0 fully saturated rings. The molecular weight excluding hydrogens is 444 g/mol. The van der Waals surface area contributed by atoms with Crippen LogP contribution in [0, 0.1) is 0 Å². The molecule has 0 aromatic heterocycles. The molecule has 33 heavy (non-hydrogen) atoms. The van der Waals surface area contributed by atoms with Gasteiger partial charge in [-0.3, -0.25) is 9.59 Å². The maximum Gasteiger partial charge on any atom is 0.307 e. The standard InChI is InChI=1S/C24H26N2O6S/c1-31-21-9-6-18(7-10-21)12-14-25-23(27)17-32-24(28)13-15-26-33(29,30)22-11-8-19-4-2-3-5-20(19)16-22/h2-11,16,26H,12-15,17H2,1H3,(H,25,27). The molecule has 0 unspecified atom stereocenters. The van der Waals surface area contributed by atoms with Crippen LogP contribution in [0.2, 0.25) is 0 Å². The molecule has 8 nitrogen and oxygen atoms in total. The summed E-state index contributed by atoms with van der Waals surface area (Å²) in [6.45, 7) is -0.153. The van der Waals surface area contributed by atoms with Crippen LogP contribution >= 0.6 is 0 Å². The van der Waals surface area contributed by atoms with Crippen LogP contribution in [-0.2, 0) is 30.8 Å². The molecule has 0 radical (unpaired) electrons. The summed E-state index contributed by atoms with van der Waals surface area (Å²) in [6.07, 6.45) is 0.437. The molecule has 0 bridgehead atoms. The highest BCUT2D eigenvalue weighted by molar-refractivity contribution is 7.89. The highest BCUT2D eigenvalue weighted by Gasteiger charge is 2.15. The number of nitrogens with one attached hydrogen (secondary N) is 2. The van der Waals surface area contributed by atoms with E-state index in [1.807, 2.05) is 48.5 Å². The van der Waals surface area contributed by atoms with E-state index in [0.717, 1.165) is 22.1 Å². The Morgan fingerprint density at radius 2 is 1.64 bits per heavy atom. The molecule has 3 aromatic carbocycles. The van der Waals surface area contributed by atoms with Crippen molar-refractivity contribution in [1.29, 1.82) is 0 Å². The first-order valence-corrected chi connectivity index (χ1v) is 11.9. The van der Waals surface area contributed by atoms with E-state index in [1.54, 1.807) is 19.2 Å². The maximum absolute atomic E-state index is 12.5. The lowest BCUT2D eigenvalue weighted by Gasteiger charge is -2.09. The first-order valence-electron chi connectivity index (χ1n) is 10.4. The summed E-state index contributed by atoms with van der Waals surface area (Å²) >= 11 is 0. The summed E-state index contributed by atoms with van der Waals surface area (Å²) in [7, 11) is -2.17. The average Bonchev–Trinajstić information content (AvgIpc) is 2.82. The van der Waals surface area contributed by atoms with E-state index in [4.69, 9.17) is 9.47 Å². The zero-order chi connectivity index (χ0) is 23.7. The summed E-state index contributed by atoms with van der Waals surface area (Å²) in [5.41, 5.74) is 1.03. The Kier molecular flexibility index (Phi) is 8.39. The van der Waals surface area contributed by atoms with Crippen LogP contribution in [0.4, 0.5) is 0 Å². The van der Waals surface area contributed by atoms with E-state index < -0.39 is 28.5 Å². The van der Waals surface area contributed by atoms with Gasteiger partial charge in [-0.05, 0) is 47.0 Å². The van der Waals surface area contributed by atoms with Gasteiger partial charge in [-0.15, -0.1) is 0 Å². The molecule has 2 N–H and O–H groups in total. The molecule has 0 aliphatic rings. The Hall–Kier alpha value is -3.43. The quantitative estimate of drug-likeness (QED) is 0.417. The van der Waals surface area contributed by atoms with Crippen LogP contribution in [0.25, 0.3) is 10.8 Å². The van der Waals surface area contributed by atoms with E-state index in [1.165, 1.54) is 6.07 Å². The molecule has 0 aliphatic heterocycles. The van der Waals surface area contributed by atoms with Crippen molar-refractivity contribution < 1.29 is 27.5 Å². The summed E-state index contributed by atoms with van der Waals surface area (Å²) < 4.78 is 37.3. The van der Waals surface area contributed by atoms with Crippen molar-refractivity contribution in [3.05, 3.63) is 72.3 Å². The number of rotatable bonds is 11. The number of fused-ring (bicyclic) bond motifs is 1. The van der Waals surface area contributed by atoms with Crippen molar-refractivity contribution in [2.24, 2.45) is 0 Å². The van der Waals surface area contributed by atoms with Crippen molar-refractivity contribution >= 4 is 32.7 Å². The molecule has 0 atom stereocenters. The van der Waals surface area contributed by atoms with Gasteiger partial charge in [0.25, 0.3) is 5.91 Å². The van der Waals surface area contributed by atoms with Gasteiger partial charge in [0.1, 0.15) is 5.75 Å². The molecule has 174 valence electrons. The van der Waals surface area contributed by atoms with Gasteiger partial charge in [-0.2, -0.15) is 0 Å². The minimum atomic E-state index is -3.77. The molecule has 3 rings (SSSR count). The Bertz CT molecular complexity index is 1210. The summed E-state index contributed by atoms with van der Waals surface area (Å²) in [5, 5.41) is 4.41. The third kappa shape index (κ3) is 7.30. The number of amides is 1. The third-order valence-corrected chi connectivity index (χ3v) is 6.37. The number of hydrogen-bond donors (Lipinski definition) is 2. The molecule has 0 saturated heterocycles. The zero-order valence-electron chi connectivity index (χ0n) is 18.2. The Labute approximate surface area is 193 Å². The van der Waals surface area contributed by atoms with Gasteiger partial charge in [0.2, 0.25) is 10.0 Å². The minimum Gasteiger partial charge on any atom is -0.497 e. The highest BCUT2D eigenvalue weighted by Crippen LogP contribution is 2.18. The topological polar surface area (TPSA) is 111 Å². The number of carbonyl (C=O) groups excluding carboxylic acids is 2. The lowest BCUT2D eigenvalue weighted by molar-refractivity contribution is -0.148. The number of esters is 1. The van der Waals surface area contributed by atoms with E-state index in [9.17, 15) is 18.0 Å². The monoisotopic (exact) mass is 470 g/mol. The van der Waals surface area contributed by atoms with Crippen molar-refractivity contribution in [3.63, 3.8) is 0 Å². The number of carbonyl (C=O) groups is 2. The van der Waals surface area contributed by atoms with Crippen molar-refractivity contribution in [3.8, 4) is 5.75 Å². The van der Waals surface area contributed by atoms with Crippen molar-refractivity contribution in [2.75, 3.05) is 26.8 Å². The smallest absolute Gasteiger partial charge is 0.307 e. The van der Waals surface area contributed by atoms with Crippen LogP contribution in [-0.4, -0.2) is 47.1 Å². The van der Waals surface area contributed by atoms with Crippen LogP contribution in [0.1, 0.15) is 12.0 Å². The lowest BCUT2D eigenvalue weighted by Crippen LogP contribution is -2.31. The fourth-order valence-electron chi connectivity index (χ4n) is 3.11. The SMILES string of the molecule is COc1ccc(CCNC(=O)COC(=O)CCNS(=O)(=O)c2ccc3ccccc3c2)cc1. The Balaban J connectivity index is 1.35. The fourth-order valence-corrected chi connectivity index (χ4v) is 4.18. The zero-order valence-corrected chi connectivity index (χ0v) is 19.1. The predicted octanol–water partition coefficient (Wildman–Crippen LogP) is 2.42. The number of sulfonamides is 1. The average molecular weight is 471 g/mol. The van der Waals surface area contributed by atoms with Gasteiger partial charge < -0.3 is 14.8 Å². The molecule has 1 amide bonds. The number of ether oxygens (including phenoxy) is 2. The molecule has 3 aromatic rings. The molecule has 9 heteroatoms. The summed E-state index contributed by atoms with van der Waals surface area (Å²) in [4.78, 5) is 23.8. The van der Waals surface area contributed by atoms with Crippen LogP contribution < -0.4 is 14.8 Å². The largest absolute Gasteiger partial charge is 0.497 e. The van der Waals surface area contributed by atoms with Crippen LogP contribution in [0.5, 0.6) is 5.75 Å². The molecule has 0 spiro atoms. The van der Waals surface area contributed by atoms with Gasteiger partial charge in [-0.1, -0.05) is 42.5 Å². The van der Waals surface area contributed by atoms with E-state index in [2.05, 4.69) is 10.0 Å². The Morgan fingerprint density at radius 3 is 2.36 bits per heavy atom. The summed E-state index contributed by atoms with van der Waals surface area (Å²) in [6, 6.07) is 19.7. The van der Waals surface area contributed by atoms with Gasteiger partial charge in [-0.25, -0.2) is 13.1 Å². The van der Waals surface area contributed by atoms with E-state index in [-0.39, 0.29) is 17.9 Å². The summed E-state index contributed by atoms with van der Waals surface area (Å²) in [5.74, 6) is -0.329. The molecular formula is C24H26N2O6S. The first-order chi connectivity index (χ1) is 15.9. The van der Waals surface area contributed by atoms with Gasteiger partial charge in [0.05, 0.1) is 18.4 Å². The van der Waals surface area contributed by atoms with Crippen LogP contribution in [0.3, 0.4) is 0 Å². The lowest BCUT2D eigenvalue weighted by atomic mass is 10.1. The number of methoxy groups -OCH3 is 1. The Morgan fingerprint density at radius 1 is 0.909 bits per heavy atom. The number of hydrogen-bond acceptors (Lipinski definition) is 6. The van der Waals surface area contributed by atoms with Crippen molar-refractivity contribution in [2.45, 2.75) is 17.7 Å². The molecule has 0 aliphatic carbocycles. The second-order valence-electron chi connectivity index (χ2n) is 7.27. The second-order valence-corrected chi connectivity index (χ2v) is 9.03. The predicted molar refractivity (Wildman–Crippen MR) is 124 cm³/mol. The minimum absolute atomic E-state index is 0.116. The van der Waals surface area contributed by atoms with E-state index in [0.29, 0.717) is 13.0 Å². The highest BCUT2D eigenvalue weighted by atomic mass is 32.2. The normalized spacial score (nSPS) is 11.2. The van der Waals surface area contributed by atoms with Crippen LogP contribution in [0.15, 0.2) is 71.6 Å². The fraction of sp³-hybridized carbons (Fsp3) is 0.250. The molecule has 0 saturated carbocycles. The molecule has 0 heterocycles.